The SMILES string of the molecule is CN=C(NCC1(N2CCCCC2)CCN(C)CC1)N(C)CCOc1ccccc1F. The molecule has 30 heavy (non-hydrogen) atoms. The Hall–Kier alpha value is -1.86. The number of guanidine groups is 1. The van der Waals surface area contributed by atoms with Crippen molar-refractivity contribution < 1.29 is 9.13 Å². The second kappa shape index (κ2) is 11.0. The third-order valence-corrected chi connectivity index (χ3v) is 6.61. The highest BCUT2D eigenvalue weighted by molar-refractivity contribution is 5.79. The molecule has 2 saturated heterocycles. The monoisotopic (exact) mass is 419 g/mol. The van der Waals surface area contributed by atoms with E-state index in [4.69, 9.17) is 4.74 Å². The number of hydrogen-bond donors (Lipinski definition) is 1. The molecule has 0 unspecified atom stereocenters. The first-order valence-electron chi connectivity index (χ1n) is 11.3. The number of likely N-dealkylation sites (N-methyl/N-ethyl adjacent to an activating group) is 1. The number of hydrogen-bond acceptors (Lipinski definition) is 4. The van der Waals surface area contributed by atoms with E-state index in [2.05, 4.69) is 32.1 Å². The van der Waals surface area contributed by atoms with E-state index in [9.17, 15) is 4.39 Å². The number of aliphatic imine (C=N–C) groups is 1. The predicted octanol–water partition coefficient (Wildman–Crippen LogP) is 2.66. The van der Waals surface area contributed by atoms with Gasteiger partial charge in [-0.15, -0.1) is 0 Å². The van der Waals surface area contributed by atoms with Crippen LogP contribution in [0.5, 0.6) is 5.75 Å². The number of nitrogens with one attached hydrogen (secondary N) is 1. The Labute approximate surface area is 181 Å². The molecule has 0 radical (unpaired) electrons. The van der Waals surface area contributed by atoms with Crippen LogP contribution in [0.4, 0.5) is 4.39 Å². The minimum atomic E-state index is -0.326. The van der Waals surface area contributed by atoms with Crippen LogP contribution in [0.15, 0.2) is 29.3 Å². The zero-order chi connectivity index (χ0) is 21.4. The van der Waals surface area contributed by atoms with Crippen molar-refractivity contribution in [3.63, 3.8) is 0 Å². The van der Waals surface area contributed by atoms with Crippen molar-refractivity contribution in [2.24, 2.45) is 4.99 Å². The number of nitrogens with zero attached hydrogens (tertiary/aromatic N) is 4. The molecule has 2 fully saturated rings. The standard InChI is InChI=1S/C23H38FN5O/c1-25-22(28(3)17-18-30-21-10-6-5-9-20(21)24)26-19-23(11-15-27(2)16-12-23)29-13-7-4-8-14-29/h5-6,9-10H,4,7-8,11-19H2,1-3H3,(H,25,26). The van der Waals surface area contributed by atoms with Gasteiger partial charge in [-0.25, -0.2) is 4.39 Å². The van der Waals surface area contributed by atoms with Crippen LogP contribution in [-0.2, 0) is 0 Å². The summed E-state index contributed by atoms with van der Waals surface area (Å²) in [6, 6.07) is 6.53. The van der Waals surface area contributed by atoms with E-state index in [1.807, 2.05) is 14.1 Å². The van der Waals surface area contributed by atoms with Crippen LogP contribution < -0.4 is 10.1 Å². The van der Waals surface area contributed by atoms with Gasteiger partial charge in [-0.1, -0.05) is 18.6 Å². The Bertz CT molecular complexity index is 684. The Kier molecular flexibility index (Phi) is 8.33. The number of piperidine rings is 2. The van der Waals surface area contributed by atoms with Crippen LogP contribution in [0.3, 0.4) is 0 Å². The molecule has 0 aliphatic carbocycles. The normalized spacial score (nSPS) is 20.7. The van der Waals surface area contributed by atoms with Gasteiger partial charge in [0.2, 0.25) is 0 Å². The van der Waals surface area contributed by atoms with Crippen molar-refractivity contribution in [3.05, 3.63) is 30.1 Å². The van der Waals surface area contributed by atoms with Crippen molar-refractivity contribution in [1.29, 1.82) is 0 Å². The first kappa shape index (κ1) is 22.8. The van der Waals surface area contributed by atoms with Crippen LogP contribution in [-0.4, -0.2) is 93.2 Å². The Morgan fingerprint density at radius 3 is 2.53 bits per heavy atom. The number of halogens is 1. The molecule has 0 atom stereocenters. The van der Waals surface area contributed by atoms with Gasteiger partial charge in [0, 0.05) is 26.2 Å². The molecule has 1 aromatic rings. The third kappa shape index (κ3) is 5.85. The molecule has 0 spiro atoms. The molecule has 2 aliphatic heterocycles. The van der Waals surface area contributed by atoms with Crippen LogP contribution in [0.1, 0.15) is 32.1 Å². The predicted molar refractivity (Wildman–Crippen MR) is 121 cm³/mol. The summed E-state index contributed by atoms with van der Waals surface area (Å²) in [5.74, 6) is 0.833. The molecule has 0 aromatic heterocycles. The summed E-state index contributed by atoms with van der Waals surface area (Å²) in [7, 11) is 6.04. The highest BCUT2D eigenvalue weighted by Gasteiger charge is 2.39. The summed E-state index contributed by atoms with van der Waals surface area (Å²) in [6.07, 6.45) is 6.34. The molecule has 0 bridgehead atoms. The van der Waals surface area contributed by atoms with Gasteiger partial charge in [0.05, 0.1) is 6.54 Å². The van der Waals surface area contributed by atoms with Gasteiger partial charge in [0.15, 0.2) is 17.5 Å². The van der Waals surface area contributed by atoms with Gasteiger partial charge >= 0.3 is 0 Å². The van der Waals surface area contributed by atoms with Crippen molar-refractivity contribution in [1.82, 2.24) is 20.0 Å². The second-order valence-corrected chi connectivity index (χ2v) is 8.68. The summed E-state index contributed by atoms with van der Waals surface area (Å²) in [5.41, 5.74) is 0.202. The minimum Gasteiger partial charge on any atom is -0.489 e. The van der Waals surface area contributed by atoms with Crippen molar-refractivity contribution in [2.75, 3.05) is 67.0 Å². The second-order valence-electron chi connectivity index (χ2n) is 8.68. The van der Waals surface area contributed by atoms with E-state index in [-0.39, 0.29) is 11.4 Å². The van der Waals surface area contributed by atoms with Crippen LogP contribution in [0, 0.1) is 5.82 Å². The molecule has 3 rings (SSSR count). The van der Waals surface area contributed by atoms with Crippen molar-refractivity contribution in [3.8, 4) is 5.75 Å². The van der Waals surface area contributed by atoms with E-state index in [1.165, 1.54) is 51.3 Å². The summed E-state index contributed by atoms with van der Waals surface area (Å²) in [6.45, 7) is 6.64. The number of ether oxygens (including phenoxy) is 1. The molecular formula is C23H38FN5O. The third-order valence-electron chi connectivity index (χ3n) is 6.61. The summed E-state index contributed by atoms with van der Waals surface area (Å²) in [4.78, 5) is 11.7. The van der Waals surface area contributed by atoms with E-state index in [0.29, 0.717) is 18.9 Å². The van der Waals surface area contributed by atoms with Gasteiger partial charge in [-0.05, 0) is 71.0 Å². The number of para-hydroxylation sites is 1. The van der Waals surface area contributed by atoms with Gasteiger partial charge in [-0.2, -0.15) is 0 Å². The summed E-state index contributed by atoms with van der Waals surface area (Å²) < 4.78 is 19.3. The fourth-order valence-electron chi connectivity index (χ4n) is 4.60. The maximum Gasteiger partial charge on any atom is 0.193 e. The van der Waals surface area contributed by atoms with Crippen molar-refractivity contribution >= 4 is 5.96 Å². The highest BCUT2D eigenvalue weighted by Crippen LogP contribution is 2.30. The Morgan fingerprint density at radius 2 is 1.87 bits per heavy atom. The number of likely N-dealkylation sites (tertiary alicyclic amines) is 2. The average Bonchev–Trinajstić information content (AvgIpc) is 2.77. The molecule has 1 N–H and O–H groups in total. The molecule has 7 heteroatoms. The molecule has 2 heterocycles. The van der Waals surface area contributed by atoms with Crippen LogP contribution in [0.2, 0.25) is 0 Å². The van der Waals surface area contributed by atoms with Crippen LogP contribution in [0.25, 0.3) is 0 Å². The van der Waals surface area contributed by atoms with Crippen LogP contribution >= 0.6 is 0 Å². The van der Waals surface area contributed by atoms with E-state index < -0.39 is 0 Å². The minimum absolute atomic E-state index is 0.202. The molecule has 0 saturated carbocycles. The number of rotatable bonds is 7. The van der Waals surface area contributed by atoms with E-state index >= 15 is 0 Å². The zero-order valence-corrected chi connectivity index (χ0v) is 18.9. The van der Waals surface area contributed by atoms with Gasteiger partial charge in [0.25, 0.3) is 0 Å². The van der Waals surface area contributed by atoms with Gasteiger partial charge < -0.3 is 19.9 Å². The first-order chi connectivity index (χ1) is 14.5. The Balaban J connectivity index is 1.54. The highest BCUT2D eigenvalue weighted by atomic mass is 19.1. The largest absolute Gasteiger partial charge is 0.489 e. The smallest absolute Gasteiger partial charge is 0.193 e. The molecule has 1 aromatic carbocycles. The fraction of sp³-hybridized carbons (Fsp3) is 0.696. The van der Waals surface area contributed by atoms with Gasteiger partial charge in [0.1, 0.15) is 6.61 Å². The molecule has 0 amide bonds. The lowest BCUT2D eigenvalue weighted by atomic mass is 9.84. The lowest BCUT2D eigenvalue weighted by Crippen LogP contribution is -2.62. The molecule has 6 nitrogen and oxygen atoms in total. The average molecular weight is 420 g/mol. The lowest BCUT2D eigenvalue weighted by molar-refractivity contribution is 0.0170. The maximum absolute atomic E-state index is 13.7. The van der Waals surface area contributed by atoms with E-state index in [0.717, 1.165) is 25.6 Å². The first-order valence-corrected chi connectivity index (χ1v) is 11.3. The lowest BCUT2D eigenvalue weighted by Gasteiger charge is -2.50. The quantitative estimate of drug-likeness (QED) is 0.544. The molecule has 168 valence electrons. The maximum atomic E-state index is 13.7. The van der Waals surface area contributed by atoms with Gasteiger partial charge in [-0.3, -0.25) is 9.89 Å². The molecule has 2 aliphatic rings. The Morgan fingerprint density at radius 1 is 1.17 bits per heavy atom. The van der Waals surface area contributed by atoms with Crippen molar-refractivity contribution in [2.45, 2.75) is 37.6 Å². The topological polar surface area (TPSA) is 43.3 Å². The summed E-state index contributed by atoms with van der Waals surface area (Å²) in [5, 5.41) is 3.64. The fourth-order valence-corrected chi connectivity index (χ4v) is 4.60. The molecular weight excluding hydrogens is 381 g/mol. The van der Waals surface area contributed by atoms with E-state index in [1.54, 1.807) is 18.2 Å². The zero-order valence-electron chi connectivity index (χ0n) is 18.9. The summed E-state index contributed by atoms with van der Waals surface area (Å²) >= 11 is 0. The number of benzene rings is 1.